The van der Waals surface area contributed by atoms with Crippen molar-refractivity contribution in [3.8, 4) is 22.7 Å². The van der Waals surface area contributed by atoms with E-state index in [-0.39, 0.29) is 5.91 Å². The van der Waals surface area contributed by atoms with Gasteiger partial charge in [0.2, 0.25) is 0 Å². The van der Waals surface area contributed by atoms with Crippen molar-refractivity contribution in [1.82, 2.24) is 19.7 Å². The van der Waals surface area contributed by atoms with Crippen LogP contribution in [0.5, 0.6) is 5.75 Å². The van der Waals surface area contributed by atoms with E-state index in [1.807, 2.05) is 71.6 Å². The normalized spacial score (nSPS) is 15.5. The lowest BCUT2D eigenvalue weighted by atomic mass is 10.1. The van der Waals surface area contributed by atoms with E-state index in [9.17, 15) is 4.79 Å². The Morgan fingerprint density at radius 3 is 2.62 bits per heavy atom. The van der Waals surface area contributed by atoms with Gasteiger partial charge in [-0.3, -0.25) is 14.7 Å². The van der Waals surface area contributed by atoms with Crippen LogP contribution in [0.15, 0.2) is 102 Å². The molecule has 1 fully saturated rings. The van der Waals surface area contributed by atoms with Gasteiger partial charge in [-0.1, -0.05) is 35.9 Å². The van der Waals surface area contributed by atoms with E-state index in [2.05, 4.69) is 16.6 Å². The van der Waals surface area contributed by atoms with Crippen molar-refractivity contribution in [2.75, 3.05) is 13.7 Å². The average molecular weight is 528 g/mol. The van der Waals surface area contributed by atoms with E-state index in [1.165, 1.54) is 18.0 Å². The van der Waals surface area contributed by atoms with Crippen LogP contribution in [-0.4, -0.2) is 44.4 Å². The number of halogens is 1. The minimum atomic E-state index is -0.165. The summed E-state index contributed by atoms with van der Waals surface area (Å²) in [5.74, 6) is 0.588. The number of hydrogen-bond donors (Lipinski definition) is 0. The number of amidine groups is 1. The fraction of sp³-hybridized carbons (Fsp3) is 0.0714. The molecule has 0 spiro atoms. The van der Waals surface area contributed by atoms with Crippen LogP contribution in [0.1, 0.15) is 5.56 Å². The Labute approximate surface area is 223 Å². The van der Waals surface area contributed by atoms with Crippen LogP contribution in [0.4, 0.5) is 5.69 Å². The molecule has 2 aromatic heterocycles. The third-order valence-electron chi connectivity index (χ3n) is 5.58. The Bertz CT molecular complexity index is 1510. The molecule has 1 aliphatic rings. The second-order valence-corrected chi connectivity index (χ2v) is 9.39. The topological polar surface area (TPSA) is 72.6 Å². The minimum Gasteiger partial charge on any atom is -0.497 e. The summed E-state index contributed by atoms with van der Waals surface area (Å²) < 4.78 is 7.12. The molecule has 1 amide bonds. The largest absolute Gasteiger partial charge is 0.497 e. The van der Waals surface area contributed by atoms with Crippen molar-refractivity contribution in [1.29, 1.82) is 0 Å². The predicted molar refractivity (Wildman–Crippen MR) is 149 cm³/mol. The third kappa shape index (κ3) is 5.21. The Hall–Kier alpha value is -4.14. The van der Waals surface area contributed by atoms with Crippen LogP contribution in [-0.2, 0) is 4.79 Å². The van der Waals surface area contributed by atoms with Crippen LogP contribution in [0.3, 0.4) is 0 Å². The monoisotopic (exact) mass is 527 g/mol. The molecule has 0 atom stereocenters. The number of carbonyl (C=O) groups is 1. The molecule has 1 aliphatic heterocycles. The van der Waals surface area contributed by atoms with Crippen LogP contribution in [0, 0.1) is 0 Å². The number of hydrogen-bond acceptors (Lipinski definition) is 6. The van der Waals surface area contributed by atoms with Gasteiger partial charge in [-0.05, 0) is 60.3 Å². The number of pyridine rings is 1. The summed E-state index contributed by atoms with van der Waals surface area (Å²) in [6.45, 7) is 4.11. The number of amides is 1. The van der Waals surface area contributed by atoms with Crippen molar-refractivity contribution in [2.45, 2.75) is 0 Å². The summed E-state index contributed by atoms with van der Waals surface area (Å²) in [4.78, 5) is 24.2. The molecule has 7 nitrogen and oxygen atoms in total. The summed E-state index contributed by atoms with van der Waals surface area (Å²) in [5, 5.41) is 5.78. The molecule has 184 valence electrons. The minimum absolute atomic E-state index is 0.165. The Morgan fingerprint density at radius 1 is 1.14 bits per heavy atom. The predicted octanol–water partition coefficient (Wildman–Crippen LogP) is 6.39. The average Bonchev–Trinajstić information content (AvgIpc) is 3.48. The van der Waals surface area contributed by atoms with Gasteiger partial charge in [0.05, 0.1) is 34.1 Å². The lowest BCUT2D eigenvalue weighted by Crippen LogP contribution is -2.29. The maximum atomic E-state index is 13.4. The SMILES string of the molecule is C=CCN1C(=O)/C(=C/c2cn(-c3ccccc3)nc2-c2ccc(OC)cc2)SC1=Nc1ccncc1Cl. The molecule has 2 aromatic carbocycles. The molecule has 0 saturated carbocycles. The van der Waals surface area contributed by atoms with Crippen LogP contribution >= 0.6 is 23.4 Å². The van der Waals surface area contributed by atoms with E-state index >= 15 is 0 Å². The number of methoxy groups -OCH3 is 1. The first-order chi connectivity index (χ1) is 18.1. The molecule has 9 heteroatoms. The highest BCUT2D eigenvalue weighted by molar-refractivity contribution is 8.18. The zero-order chi connectivity index (χ0) is 25.8. The van der Waals surface area contributed by atoms with Gasteiger partial charge in [0.1, 0.15) is 5.75 Å². The van der Waals surface area contributed by atoms with Crippen molar-refractivity contribution in [2.24, 2.45) is 4.99 Å². The second kappa shape index (κ2) is 10.9. The maximum Gasteiger partial charge on any atom is 0.267 e. The highest BCUT2D eigenvalue weighted by atomic mass is 35.5. The number of para-hydroxylation sites is 1. The summed E-state index contributed by atoms with van der Waals surface area (Å²) in [6, 6.07) is 19.2. The first-order valence-electron chi connectivity index (χ1n) is 11.4. The number of ether oxygens (including phenoxy) is 1. The zero-order valence-electron chi connectivity index (χ0n) is 19.9. The molecular formula is C28H22ClN5O2S. The van der Waals surface area contributed by atoms with E-state index in [4.69, 9.17) is 21.4 Å². The van der Waals surface area contributed by atoms with Gasteiger partial charge in [0, 0.05) is 36.3 Å². The Morgan fingerprint density at radius 2 is 1.92 bits per heavy atom. The molecule has 4 aromatic rings. The molecule has 0 bridgehead atoms. The number of nitrogens with zero attached hydrogens (tertiary/aromatic N) is 5. The van der Waals surface area contributed by atoms with Gasteiger partial charge in [-0.25, -0.2) is 9.67 Å². The fourth-order valence-corrected chi connectivity index (χ4v) is 4.92. The summed E-state index contributed by atoms with van der Waals surface area (Å²) >= 11 is 7.55. The lowest BCUT2D eigenvalue weighted by Gasteiger charge is -2.12. The summed E-state index contributed by atoms with van der Waals surface area (Å²) in [5.41, 5.74) is 3.89. The van der Waals surface area contributed by atoms with Crippen molar-refractivity contribution in [3.63, 3.8) is 0 Å². The van der Waals surface area contributed by atoms with Gasteiger partial charge in [0.15, 0.2) is 5.17 Å². The molecule has 0 N–H and O–H groups in total. The van der Waals surface area contributed by atoms with Gasteiger partial charge in [-0.2, -0.15) is 5.10 Å². The Balaban J connectivity index is 1.59. The van der Waals surface area contributed by atoms with Crippen LogP contribution in [0.25, 0.3) is 23.0 Å². The number of thioether (sulfide) groups is 1. The van der Waals surface area contributed by atoms with E-state index in [1.54, 1.807) is 30.3 Å². The summed E-state index contributed by atoms with van der Waals surface area (Å²) in [7, 11) is 1.63. The molecule has 0 aliphatic carbocycles. The first kappa shape index (κ1) is 24.5. The smallest absolute Gasteiger partial charge is 0.267 e. The lowest BCUT2D eigenvalue weighted by molar-refractivity contribution is -0.121. The van der Waals surface area contributed by atoms with Crippen molar-refractivity contribution in [3.05, 3.63) is 107 Å². The molecule has 0 unspecified atom stereocenters. The second-order valence-electron chi connectivity index (χ2n) is 7.98. The standard InChI is InChI=1S/C28H22ClN5O2S/c1-3-15-33-27(35)25(37-28(33)31-24-13-14-30-17-23(24)29)16-20-18-34(21-7-5-4-6-8-21)32-26(20)19-9-11-22(36-2)12-10-19/h3-14,16-18H,1,15H2,2H3/b25-16-,31-28?. The molecule has 5 rings (SSSR count). The summed E-state index contributed by atoms with van der Waals surface area (Å²) in [6.07, 6.45) is 8.58. The number of rotatable bonds is 7. The number of benzene rings is 2. The van der Waals surface area contributed by atoms with Crippen LogP contribution in [0.2, 0.25) is 5.02 Å². The highest BCUT2D eigenvalue weighted by Crippen LogP contribution is 2.37. The van der Waals surface area contributed by atoms with E-state index in [0.717, 1.165) is 28.3 Å². The number of aromatic nitrogens is 3. The molecule has 37 heavy (non-hydrogen) atoms. The van der Waals surface area contributed by atoms with Gasteiger partial charge in [0.25, 0.3) is 5.91 Å². The fourth-order valence-electron chi connectivity index (χ4n) is 3.76. The molecule has 3 heterocycles. The first-order valence-corrected chi connectivity index (χ1v) is 12.6. The number of aliphatic imine (C=N–C) groups is 1. The van der Waals surface area contributed by atoms with Crippen LogP contribution < -0.4 is 4.74 Å². The zero-order valence-corrected chi connectivity index (χ0v) is 21.5. The maximum absolute atomic E-state index is 13.4. The Kier molecular flexibility index (Phi) is 7.20. The quantitative estimate of drug-likeness (QED) is 0.206. The van der Waals surface area contributed by atoms with E-state index in [0.29, 0.717) is 27.3 Å². The third-order valence-corrected chi connectivity index (χ3v) is 6.88. The highest BCUT2D eigenvalue weighted by Gasteiger charge is 2.33. The number of carbonyl (C=O) groups excluding carboxylic acids is 1. The van der Waals surface area contributed by atoms with Gasteiger partial charge in [-0.15, -0.1) is 6.58 Å². The molecule has 1 saturated heterocycles. The molecule has 0 radical (unpaired) electrons. The van der Waals surface area contributed by atoms with Gasteiger partial charge >= 0.3 is 0 Å². The van der Waals surface area contributed by atoms with Gasteiger partial charge < -0.3 is 4.74 Å². The van der Waals surface area contributed by atoms with Crippen molar-refractivity contribution >= 4 is 46.2 Å². The van der Waals surface area contributed by atoms with Crippen molar-refractivity contribution < 1.29 is 9.53 Å². The van der Waals surface area contributed by atoms with E-state index < -0.39 is 0 Å². The molecular weight excluding hydrogens is 506 g/mol.